The fraction of sp³-hybridized carbons (Fsp3) is 0.300. The van der Waals surface area contributed by atoms with Gasteiger partial charge in [-0.3, -0.25) is 0 Å². The van der Waals surface area contributed by atoms with Crippen LogP contribution in [0.5, 0.6) is 0 Å². The summed E-state index contributed by atoms with van der Waals surface area (Å²) in [7, 11) is 0. The van der Waals surface area contributed by atoms with Crippen LogP contribution in [-0.2, 0) is 0 Å². The number of hydrogen-bond donors (Lipinski definition) is 3. The SMILES string of the molecule is N#Cc1cc(F)cc(C(O)C(O)CS)c1. The Bertz CT molecular complexity index is 391. The Morgan fingerprint density at radius 1 is 1.40 bits per heavy atom. The Kier molecular flexibility index (Phi) is 4.09. The third-order valence-corrected chi connectivity index (χ3v) is 2.32. The quantitative estimate of drug-likeness (QED) is 0.675. The molecule has 80 valence electrons. The maximum atomic E-state index is 13.0. The second-order valence-electron chi connectivity index (χ2n) is 3.08. The van der Waals surface area contributed by atoms with E-state index in [1.165, 1.54) is 6.07 Å². The molecule has 0 bridgehead atoms. The number of benzene rings is 1. The molecule has 0 radical (unpaired) electrons. The molecule has 0 fully saturated rings. The van der Waals surface area contributed by atoms with Gasteiger partial charge in [0.25, 0.3) is 0 Å². The number of nitrogens with zero attached hydrogens (tertiary/aromatic N) is 1. The first-order valence-corrected chi connectivity index (χ1v) is 4.89. The molecule has 2 unspecified atom stereocenters. The Morgan fingerprint density at radius 3 is 2.60 bits per heavy atom. The van der Waals surface area contributed by atoms with Crippen LogP contribution in [0.15, 0.2) is 18.2 Å². The highest BCUT2D eigenvalue weighted by molar-refractivity contribution is 7.80. The van der Waals surface area contributed by atoms with E-state index in [-0.39, 0.29) is 16.9 Å². The minimum Gasteiger partial charge on any atom is -0.389 e. The Morgan fingerprint density at radius 2 is 2.07 bits per heavy atom. The molecular weight excluding hydrogens is 217 g/mol. The van der Waals surface area contributed by atoms with Crippen molar-refractivity contribution in [2.75, 3.05) is 5.75 Å². The van der Waals surface area contributed by atoms with Crippen LogP contribution in [0.3, 0.4) is 0 Å². The first kappa shape index (κ1) is 12.0. The molecule has 0 amide bonds. The third-order valence-electron chi connectivity index (χ3n) is 1.94. The first-order valence-electron chi connectivity index (χ1n) is 4.26. The summed E-state index contributed by atoms with van der Waals surface area (Å²) in [6.45, 7) is 0. The maximum absolute atomic E-state index is 13.0. The van der Waals surface area contributed by atoms with Crippen LogP contribution >= 0.6 is 12.6 Å². The lowest BCUT2D eigenvalue weighted by atomic mass is 10.0. The van der Waals surface area contributed by atoms with E-state index < -0.39 is 18.0 Å². The van der Waals surface area contributed by atoms with Crippen molar-refractivity contribution < 1.29 is 14.6 Å². The van der Waals surface area contributed by atoms with Crippen molar-refractivity contribution in [3.8, 4) is 6.07 Å². The van der Waals surface area contributed by atoms with Gasteiger partial charge >= 0.3 is 0 Å². The fourth-order valence-electron chi connectivity index (χ4n) is 1.17. The topological polar surface area (TPSA) is 64.2 Å². The summed E-state index contributed by atoms with van der Waals surface area (Å²) in [4.78, 5) is 0. The molecule has 0 aromatic heterocycles. The molecule has 0 aliphatic rings. The lowest BCUT2D eigenvalue weighted by Gasteiger charge is -2.16. The maximum Gasteiger partial charge on any atom is 0.124 e. The summed E-state index contributed by atoms with van der Waals surface area (Å²) >= 11 is 3.81. The van der Waals surface area contributed by atoms with Gasteiger partial charge in [-0.1, -0.05) is 0 Å². The molecule has 1 aromatic carbocycles. The molecule has 0 saturated carbocycles. The van der Waals surface area contributed by atoms with Gasteiger partial charge in [-0.15, -0.1) is 0 Å². The van der Waals surface area contributed by atoms with Gasteiger partial charge in [0.1, 0.15) is 11.9 Å². The highest BCUT2D eigenvalue weighted by Gasteiger charge is 2.18. The highest BCUT2D eigenvalue weighted by Crippen LogP contribution is 2.20. The summed E-state index contributed by atoms with van der Waals surface area (Å²) in [5.41, 5.74) is 0.281. The first-order chi connectivity index (χ1) is 7.08. The van der Waals surface area contributed by atoms with Gasteiger partial charge < -0.3 is 10.2 Å². The van der Waals surface area contributed by atoms with Gasteiger partial charge in [0.15, 0.2) is 0 Å². The number of hydrogen-bond acceptors (Lipinski definition) is 4. The molecule has 1 aromatic rings. The van der Waals surface area contributed by atoms with E-state index in [0.29, 0.717) is 0 Å². The molecule has 5 heteroatoms. The van der Waals surface area contributed by atoms with E-state index in [1.807, 2.05) is 0 Å². The minimum atomic E-state index is -1.23. The van der Waals surface area contributed by atoms with Gasteiger partial charge in [0, 0.05) is 5.75 Å². The number of aliphatic hydroxyl groups is 2. The molecule has 0 aliphatic carbocycles. The van der Waals surface area contributed by atoms with Crippen LogP contribution in [0.1, 0.15) is 17.2 Å². The van der Waals surface area contributed by atoms with E-state index in [0.717, 1.165) is 12.1 Å². The van der Waals surface area contributed by atoms with Gasteiger partial charge in [0.2, 0.25) is 0 Å². The molecule has 0 aliphatic heterocycles. The molecule has 3 nitrogen and oxygen atoms in total. The lowest BCUT2D eigenvalue weighted by molar-refractivity contribution is 0.0336. The van der Waals surface area contributed by atoms with Crippen LogP contribution in [0.4, 0.5) is 4.39 Å². The molecule has 1 rings (SSSR count). The van der Waals surface area contributed by atoms with Crippen LogP contribution in [0, 0.1) is 17.1 Å². The van der Waals surface area contributed by atoms with Crippen molar-refractivity contribution in [1.82, 2.24) is 0 Å². The monoisotopic (exact) mass is 227 g/mol. The lowest BCUT2D eigenvalue weighted by Crippen LogP contribution is -2.19. The largest absolute Gasteiger partial charge is 0.389 e. The third kappa shape index (κ3) is 2.93. The smallest absolute Gasteiger partial charge is 0.124 e. The Hall–Kier alpha value is -1.09. The van der Waals surface area contributed by atoms with Crippen molar-refractivity contribution >= 4 is 12.6 Å². The minimum absolute atomic E-state index is 0.0551. The van der Waals surface area contributed by atoms with E-state index in [9.17, 15) is 14.6 Å². The molecule has 2 N–H and O–H groups in total. The predicted octanol–water partition coefficient (Wildman–Crippen LogP) is 1.02. The van der Waals surface area contributed by atoms with Crippen LogP contribution in [0.2, 0.25) is 0 Å². The van der Waals surface area contributed by atoms with Gasteiger partial charge in [0.05, 0.1) is 17.7 Å². The van der Waals surface area contributed by atoms with Crippen molar-refractivity contribution in [3.05, 3.63) is 35.1 Å². The number of thiol groups is 1. The summed E-state index contributed by atoms with van der Waals surface area (Å²) in [5, 5.41) is 27.4. The molecule has 0 saturated heterocycles. The number of rotatable bonds is 3. The zero-order valence-corrected chi connectivity index (χ0v) is 8.66. The average molecular weight is 227 g/mol. The second-order valence-corrected chi connectivity index (χ2v) is 3.44. The van der Waals surface area contributed by atoms with E-state index >= 15 is 0 Å². The molecule has 0 spiro atoms. The number of aliphatic hydroxyl groups excluding tert-OH is 2. The van der Waals surface area contributed by atoms with Crippen LogP contribution in [0.25, 0.3) is 0 Å². The Balaban J connectivity index is 3.04. The molecule has 15 heavy (non-hydrogen) atoms. The fourth-order valence-corrected chi connectivity index (χ4v) is 1.37. The Labute approximate surface area is 92.2 Å². The molecule has 0 heterocycles. The van der Waals surface area contributed by atoms with Crippen molar-refractivity contribution in [3.63, 3.8) is 0 Å². The van der Waals surface area contributed by atoms with E-state index in [4.69, 9.17) is 5.26 Å². The predicted molar refractivity (Wildman–Crippen MR) is 55.9 cm³/mol. The summed E-state index contributed by atoms with van der Waals surface area (Å²) in [5.74, 6) is -0.561. The standard InChI is InChI=1S/C10H10FNO2S/c11-8-2-6(4-12)1-7(3-8)10(14)9(13)5-15/h1-3,9-10,13-15H,5H2. The van der Waals surface area contributed by atoms with Gasteiger partial charge in [-0.25, -0.2) is 4.39 Å². The number of halogens is 1. The summed E-state index contributed by atoms with van der Waals surface area (Å²) in [6, 6.07) is 5.24. The zero-order valence-electron chi connectivity index (χ0n) is 7.76. The van der Waals surface area contributed by atoms with E-state index in [1.54, 1.807) is 6.07 Å². The van der Waals surface area contributed by atoms with Crippen molar-refractivity contribution in [1.29, 1.82) is 5.26 Å². The van der Waals surface area contributed by atoms with Crippen molar-refractivity contribution in [2.45, 2.75) is 12.2 Å². The summed E-state index contributed by atoms with van der Waals surface area (Å²) in [6.07, 6.45) is -2.31. The van der Waals surface area contributed by atoms with E-state index in [2.05, 4.69) is 12.6 Å². The van der Waals surface area contributed by atoms with Crippen molar-refractivity contribution in [2.24, 2.45) is 0 Å². The van der Waals surface area contributed by atoms with Gasteiger partial charge in [-0.05, 0) is 23.8 Å². The molecule has 2 atom stereocenters. The van der Waals surface area contributed by atoms with Gasteiger partial charge in [-0.2, -0.15) is 17.9 Å². The zero-order chi connectivity index (χ0) is 11.4. The number of nitriles is 1. The van der Waals surface area contributed by atoms with Crippen LogP contribution < -0.4 is 0 Å². The highest BCUT2D eigenvalue weighted by atomic mass is 32.1. The summed E-state index contributed by atoms with van der Waals surface area (Å²) < 4.78 is 13.0. The second kappa shape index (κ2) is 5.12. The average Bonchev–Trinajstić information content (AvgIpc) is 2.26. The molecular formula is C10H10FNO2S. The van der Waals surface area contributed by atoms with Crippen LogP contribution in [-0.4, -0.2) is 22.1 Å². The normalized spacial score (nSPS) is 14.3.